The number of H-pyrrole nitrogens is 1. The molecule has 0 fully saturated rings. The Hall–Kier alpha value is -2.51. The molecule has 2 aromatic carbocycles. The predicted molar refractivity (Wildman–Crippen MR) is 84.8 cm³/mol. The summed E-state index contributed by atoms with van der Waals surface area (Å²) in [6, 6.07) is 7.47. The lowest BCUT2D eigenvalue weighted by atomic mass is 10.2. The minimum atomic E-state index is -4.16. The third kappa shape index (κ3) is 2.54. The van der Waals surface area contributed by atoms with Crippen LogP contribution < -0.4 is 5.43 Å². The van der Waals surface area contributed by atoms with Crippen molar-refractivity contribution in [3.05, 3.63) is 57.8 Å². The van der Waals surface area contributed by atoms with Crippen molar-refractivity contribution in [2.75, 3.05) is 0 Å². The molecule has 0 spiro atoms. The molecular weight excluding hydrogens is 342 g/mol. The average molecular weight is 352 g/mol. The number of nitrogens with one attached hydrogen (secondary N) is 1. The highest BCUT2D eigenvalue weighted by Gasteiger charge is 2.23. The van der Waals surface area contributed by atoms with Crippen LogP contribution in [0.5, 0.6) is 11.5 Å². The van der Waals surface area contributed by atoms with Gasteiger partial charge in [0.1, 0.15) is 4.90 Å². The Kier molecular flexibility index (Phi) is 3.54. The number of halogens is 1. The van der Waals surface area contributed by atoms with Gasteiger partial charge < -0.3 is 15.2 Å². The summed E-state index contributed by atoms with van der Waals surface area (Å²) in [5, 5.41) is 19.3. The molecule has 6 nitrogen and oxygen atoms in total. The lowest BCUT2D eigenvalue weighted by Gasteiger charge is -2.07. The van der Waals surface area contributed by atoms with Gasteiger partial charge in [-0.05, 0) is 30.3 Å². The molecule has 3 aromatic rings. The monoisotopic (exact) mass is 351 g/mol. The van der Waals surface area contributed by atoms with E-state index in [0.29, 0.717) is 10.5 Å². The molecule has 0 unspecified atom stereocenters. The van der Waals surface area contributed by atoms with E-state index < -0.39 is 31.7 Å². The summed E-state index contributed by atoms with van der Waals surface area (Å²) in [5.74, 6) is -1.04. The molecule has 3 N–H and O–H groups in total. The molecule has 118 valence electrons. The van der Waals surface area contributed by atoms with E-state index in [-0.39, 0.29) is 10.3 Å². The summed E-state index contributed by atoms with van der Waals surface area (Å²) in [6.45, 7) is 0. The van der Waals surface area contributed by atoms with Crippen molar-refractivity contribution < 1.29 is 18.6 Å². The maximum atomic E-state index is 12.6. The minimum absolute atomic E-state index is 0.179. The number of sulfone groups is 1. The molecule has 0 bridgehead atoms. The van der Waals surface area contributed by atoms with E-state index in [1.807, 2.05) is 0 Å². The largest absolute Gasteiger partial charge is 0.504 e. The number of hydrogen-bond donors (Lipinski definition) is 3. The van der Waals surface area contributed by atoms with Crippen molar-refractivity contribution >= 4 is 32.3 Å². The van der Waals surface area contributed by atoms with Crippen LogP contribution >= 0.6 is 11.6 Å². The third-order valence-corrected chi connectivity index (χ3v) is 5.35. The molecule has 1 aromatic heterocycles. The molecule has 0 aliphatic carbocycles. The molecule has 23 heavy (non-hydrogen) atoms. The van der Waals surface area contributed by atoms with Gasteiger partial charge in [-0.2, -0.15) is 0 Å². The Morgan fingerprint density at radius 2 is 1.74 bits per heavy atom. The van der Waals surface area contributed by atoms with Gasteiger partial charge in [0.25, 0.3) is 0 Å². The Morgan fingerprint density at radius 1 is 1.00 bits per heavy atom. The van der Waals surface area contributed by atoms with Crippen molar-refractivity contribution in [3.63, 3.8) is 0 Å². The van der Waals surface area contributed by atoms with Gasteiger partial charge >= 0.3 is 0 Å². The highest BCUT2D eigenvalue weighted by Crippen LogP contribution is 2.29. The normalized spacial score (nSPS) is 11.7. The number of fused-ring (bicyclic) bond motifs is 1. The van der Waals surface area contributed by atoms with Crippen LogP contribution in [0.25, 0.3) is 10.9 Å². The zero-order valence-electron chi connectivity index (χ0n) is 11.4. The molecule has 0 radical (unpaired) electrons. The third-order valence-electron chi connectivity index (χ3n) is 3.36. The van der Waals surface area contributed by atoms with Crippen LogP contribution in [0.15, 0.2) is 57.2 Å². The SMILES string of the molecule is O=c1c(S(=O)(=O)c2ccc(O)c(O)c2)c[nH]c2cc(Cl)ccc12. The zero-order chi connectivity index (χ0) is 16.8. The second-order valence-corrected chi connectivity index (χ2v) is 7.18. The fourth-order valence-corrected chi connectivity index (χ4v) is 3.68. The standard InChI is InChI=1S/C15H10ClNO5S/c16-8-1-3-10-11(5-8)17-7-14(15(10)20)23(21,22)9-2-4-12(18)13(19)6-9/h1-7,18-19H,(H,17,20). The summed E-state index contributed by atoms with van der Waals surface area (Å²) >= 11 is 5.84. The fraction of sp³-hybridized carbons (Fsp3) is 0. The Labute approximate surface area is 135 Å². The van der Waals surface area contributed by atoms with E-state index >= 15 is 0 Å². The van der Waals surface area contributed by atoms with Gasteiger partial charge in [0, 0.05) is 22.7 Å². The molecule has 0 amide bonds. The van der Waals surface area contributed by atoms with Crippen molar-refractivity contribution in [2.45, 2.75) is 9.79 Å². The summed E-state index contributed by atoms with van der Waals surface area (Å²) in [6.07, 6.45) is 1.08. The number of aromatic hydroxyl groups is 2. The van der Waals surface area contributed by atoms with Crippen LogP contribution in [0.1, 0.15) is 0 Å². The lowest BCUT2D eigenvalue weighted by Crippen LogP contribution is -2.16. The highest BCUT2D eigenvalue weighted by atomic mass is 35.5. The van der Waals surface area contributed by atoms with E-state index in [0.717, 1.165) is 24.4 Å². The number of hydrogen-bond acceptors (Lipinski definition) is 5. The van der Waals surface area contributed by atoms with E-state index in [4.69, 9.17) is 11.6 Å². The second-order valence-electron chi connectivity index (χ2n) is 4.83. The summed E-state index contributed by atoms with van der Waals surface area (Å²) in [7, 11) is -4.16. The average Bonchev–Trinajstić information content (AvgIpc) is 2.49. The molecule has 3 rings (SSSR count). The van der Waals surface area contributed by atoms with Gasteiger partial charge in [-0.1, -0.05) is 11.6 Å². The smallest absolute Gasteiger partial charge is 0.212 e. The van der Waals surface area contributed by atoms with Gasteiger partial charge in [-0.15, -0.1) is 0 Å². The molecule has 1 heterocycles. The number of phenols is 2. The number of aromatic nitrogens is 1. The zero-order valence-corrected chi connectivity index (χ0v) is 13.0. The predicted octanol–water partition coefficient (Wildman–Crippen LogP) is 2.43. The lowest BCUT2D eigenvalue weighted by molar-refractivity contribution is 0.402. The van der Waals surface area contributed by atoms with Crippen LogP contribution in [0.2, 0.25) is 5.02 Å². The number of pyridine rings is 1. The first-order chi connectivity index (χ1) is 10.8. The summed E-state index contributed by atoms with van der Waals surface area (Å²) < 4.78 is 25.2. The summed E-state index contributed by atoms with van der Waals surface area (Å²) in [4.78, 5) is 14.4. The van der Waals surface area contributed by atoms with Gasteiger partial charge in [-0.3, -0.25) is 4.79 Å². The number of phenolic OH excluding ortho intramolecular Hbond substituents is 2. The van der Waals surface area contributed by atoms with Gasteiger partial charge in [0.05, 0.1) is 10.4 Å². The maximum absolute atomic E-state index is 12.6. The number of benzene rings is 2. The Morgan fingerprint density at radius 3 is 2.43 bits per heavy atom. The topological polar surface area (TPSA) is 107 Å². The van der Waals surface area contributed by atoms with Crippen LogP contribution in [-0.2, 0) is 9.84 Å². The first kappa shape index (κ1) is 15.4. The molecule has 0 saturated carbocycles. The number of rotatable bonds is 2. The molecule has 0 aliphatic rings. The molecule has 8 heteroatoms. The van der Waals surface area contributed by atoms with E-state index in [1.165, 1.54) is 18.2 Å². The molecule has 0 aliphatic heterocycles. The van der Waals surface area contributed by atoms with Gasteiger partial charge in [-0.25, -0.2) is 8.42 Å². The molecule has 0 saturated heterocycles. The van der Waals surface area contributed by atoms with Crippen molar-refractivity contribution in [2.24, 2.45) is 0 Å². The molecule has 0 atom stereocenters. The number of aromatic amines is 1. The van der Waals surface area contributed by atoms with Crippen molar-refractivity contribution in [1.82, 2.24) is 4.98 Å². The van der Waals surface area contributed by atoms with Crippen LogP contribution in [0, 0.1) is 0 Å². The fourth-order valence-electron chi connectivity index (χ4n) is 2.17. The first-order valence-corrected chi connectivity index (χ1v) is 8.25. The maximum Gasteiger partial charge on any atom is 0.212 e. The van der Waals surface area contributed by atoms with Crippen LogP contribution in [0.4, 0.5) is 0 Å². The molecular formula is C15H10ClNO5S. The van der Waals surface area contributed by atoms with E-state index in [2.05, 4.69) is 4.98 Å². The first-order valence-electron chi connectivity index (χ1n) is 6.39. The minimum Gasteiger partial charge on any atom is -0.504 e. The van der Waals surface area contributed by atoms with E-state index in [1.54, 1.807) is 0 Å². The van der Waals surface area contributed by atoms with Crippen LogP contribution in [0.3, 0.4) is 0 Å². The Balaban J connectivity index is 2.26. The van der Waals surface area contributed by atoms with E-state index in [9.17, 15) is 23.4 Å². The highest BCUT2D eigenvalue weighted by molar-refractivity contribution is 7.91. The Bertz CT molecular complexity index is 1090. The quantitative estimate of drug-likeness (QED) is 0.614. The van der Waals surface area contributed by atoms with Crippen molar-refractivity contribution in [1.29, 1.82) is 0 Å². The second kappa shape index (κ2) is 5.29. The van der Waals surface area contributed by atoms with Crippen molar-refractivity contribution in [3.8, 4) is 11.5 Å². The van der Waals surface area contributed by atoms with Gasteiger partial charge in [0.15, 0.2) is 11.5 Å². The summed E-state index contributed by atoms with van der Waals surface area (Å²) in [5.41, 5.74) is -0.266. The van der Waals surface area contributed by atoms with Crippen LogP contribution in [-0.4, -0.2) is 23.6 Å². The van der Waals surface area contributed by atoms with Gasteiger partial charge in [0.2, 0.25) is 15.3 Å².